The summed E-state index contributed by atoms with van der Waals surface area (Å²) in [6.45, 7) is 1.32. The minimum absolute atomic E-state index is 0.0716. The fourth-order valence-corrected chi connectivity index (χ4v) is 6.27. The van der Waals surface area contributed by atoms with Crippen molar-refractivity contribution >= 4 is 43.2 Å². The highest BCUT2D eigenvalue weighted by molar-refractivity contribution is 7.92. The van der Waals surface area contributed by atoms with Gasteiger partial charge in [0.25, 0.3) is 15.9 Å². The van der Waals surface area contributed by atoms with Crippen LogP contribution >= 0.6 is 11.3 Å². The number of benzene rings is 3. The zero-order valence-electron chi connectivity index (χ0n) is 17.8. The molecule has 3 aromatic carbocycles. The van der Waals surface area contributed by atoms with E-state index in [4.69, 9.17) is 4.98 Å². The highest BCUT2D eigenvalue weighted by Gasteiger charge is 2.27. The summed E-state index contributed by atoms with van der Waals surface area (Å²) in [5.41, 5.74) is 2.02. The van der Waals surface area contributed by atoms with Crippen molar-refractivity contribution in [2.75, 3.05) is 17.8 Å². The number of rotatable bonds is 5. The molecule has 1 N–H and O–H groups in total. The molecule has 1 fully saturated rings. The lowest BCUT2D eigenvalue weighted by Crippen LogP contribution is -2.37. The lowest BCUT2D eigenvalue weighted by atomic mass is 9.97. The Hall–Kier alpha value is -3.23. The summed E-state index contributed by atoms with van der Waals surface area (Å²) in [7, 11) is -3.71. The van der Waals surface area contributed by atoms with E-state index in [9.17, 15) is 13.2 Å². The van der Waals surface area contributed by atoms with Crippen LogP contribution in [0.15, 0.2) is 83.8 Å². The number of sulfonamides is 1. The van der Waals surface area contributed by atoms with Gasteiger partial charge >= 0.3 is 0 Å². The lowest BCUT2D eigenvalue weighted by Gasteiger charge is -2.31. The van der Waals surface area contributed by atoms with Gasteiger partial charge in [-0.3, -0.25) is 9.52 Å². The first kappa shape index (κ1) is 21.6. The van der Waals surface area contributed by atoms with E-state index in [-0.39, 0.29) is 10.8 Å². The van der Waals surface area contributed by atoms with Gasteiger partial charge in [0.1, 0.15) is 0 Å². The molecule has 0 unspecified atom stereocenters. The molecule has 1 aliphatic rings. The number of hydrogen-bond donors (Lipinski definition) is 1. The average molecular weight is 478 g/mol. The first-order valence-corrected chi connectivity index (χ1v) is 13.1. The van der Waals surface area contributed by atoms with Crippen molar-refractivity contribution in [3.05, 3.63) is 89.4 Å². The van der Waals surface area contributed by atoms with Gasteiger partial charge < -0.3 is 4.90 Å². The molecule has 0 radical (unpaired) electrons. The molecule has 0 spiro atoms. The smallest absolute Gasteiger partial charge is 0.261 e. The van der Waals surface area contributed by atoms with E-state index in [1.54, 1.807) is 47.7 Å². The van der Waals surface area contributed by atoms with Gasteiger partial charge in [-0.1, -0.05) is 30.3 Å². The number of nitrogens with one attached hydrogen (secondary N) is 1. The SMILES string of the molecule is O=C(c1ccc(S(=O)(=O)Nc2ccccc2)cc1)N1CCC(c2nc3ccccc3s2)CC1. The van der Waals surface area contributed by atoms with Crippen LogP contribution in [0.4, 0.5) is 5.69 Å². The van der Waals surface area contributed by atoms with Crippen LogP contribution in [-0.2, 0) is 10.0 Å². The molecule has 8 heteroatoms. The molecule has 168 valence electrons. The first-order valence-electron chi connectivity index (χ1n) is 10.8. The summed E-state index contributed by atoms with van der Waals surface area (Å²) < 4.78 is 29.0. The van der Waals surface area contributed by atoms with E-state index < -0.39 is 10.0 Å². The molecule has 2 heterocycles. The fourth-order valence-electron chi connectivity index (χ4n) is 4.07. The van der Waals surface area contributed by atoms with Crippen molar-refractivity contribution in [3.63, 3.8) is 0 Å². The molecule has 0 aliphatic carbocycles. The molecule has 1 amide bonds. The number of likely N-dealkylation sites (tertiary alicyclic amines) is 1. The van der Waals surface area contributed by atoms with Crippen LogP contribution in [0.2, 0.25) is 0 Å². The highest BCUT2D eigenvalue weighted by atomic mass is 32.2. The summed E-state index contributed by atoms with van der Waals surface area (Å²) in [6.07, 6.45) is 1.75. The average Bonchev–Trinajstić information content (AvgIpc) is 3.29. The van der Waals surface area contributed by atoms with Gasteiger partial charge in [0, 0.05) is 30.3 Å². The van der Waals surface area contributed by atoms with Gasteiger partial charge in [0.15, 0.2) is 0 Å². The number of thiazole rings is 1. The topological polar surface area (TPSA) is 79.4 Å². The molecule has 6 nitrogen and oxygen atoms in total. The van der Waals surface area contributed by atoms with Gasteiger partial charge in [0.05, 0.1) is 20.1 Å². The number of carbonyl (C=O) groups is 1. The second-order valence-electron chi connectivity index (χ2n) is 8.08. The van der Waals surface area contributed by atoms with E-state index in [0.717, 1.165) is 23.4 Å². The summed E-state index contributed by atoms with van der Waals surface area (Å²) in [5, 5.41) is 1.14. The van der Waals surface area contributed by atoms with Gasteiger partial charge in [-0.15, -0.1) is 11.3 Å². The van der Waals surface area contributed by atoms with Crippen molar-refractivity contribution in [2.45, 2.75) is 23.7 Å². The highest BCUT2D eigenvalue weighted by Crippen LogP contribution is 2.34. The number of hydrogen-bond acceptors (Lipinski definition) is 5. The van der Waals surface area contributed by atoms with Gasteiger partial charge in [0.2, 0.25) is 0 Å². The minimum atomic E-state index is -3.71. The molecular weight excluding hydrogens is 454 g/mol. The van der Waals surface area contributed by atoms with Crippen LogP contribution in [0.5, 0.6) is 0 Å². The molecule has 1 aromatic heterocycles. The lowest BCUT2D eigenvalue weighted by molar-refractivity contribution is 0.0713. The Labute approximate surface area is 197 Å². The third-order valence-electron chi connectivity index (χ3n) is 5.88. The van der Waals surface area contributed by atoms with Crippen molar-refractivity contribution in [1.29, 1.82) is 0 Å². The number of carbonyl (C=O) groups excluding carboxylic acids is 1. The molecule has 0 bridgehead atoms. The summed E-state index contributed by atoms with van der Waals surface area (Å²) >= 11 is 1.74. The summed E-state index contributed by atoms with van der Waals surface area (Å²) in [6, 6.07) is 23.0. The van der Waals surface area contributed by atoms with Crippen molar-refractivity contribution < 1.29 is 13.2 Å². The maximum Gasteiger partial charge on any atom is 0.261 e. The largest absolute Gasteiger partial charge is 0.339 e. The molecule has 5 rings (SSSR count). The van der Waals surface area contributed by atoms with E-state index in [1.807, 2.05) is 29.2 Å². The Balaban J connectivity index is 1.23. The van der Waals surface area contributed by atoms with Crippen molar-refractivity contribution in [3.8, 4) is 0 Å². The molecule has 1 aliphatic heterocycles. The standard InChI is InChI=1S/C25H23N3O3S2/c29-25(19-10-12-21(13-11-19)33(30,31)27-20-6-2-1-3-7-20)28-16-14-18(15-17-28)24-26-22-8-4-5-9-23(22)32-24/h1-13,18,27H,14-17H2. The van der Waals surface area contributed by atoms with Crippen LogP contribution in [0.3, 0.4) is 0 Å². The number of anilines is 1. The Bertz CT molecular complexity index is 1340. The molecule has 0 atom stereocenters. The van der Waals surface area contributed by atoms with Crippen LogP contribution in [-0.4, -0.2) is 37.3 Å². The third kappa shape index (κ3) is 4.62. The molecule has 0 saturated carbocycles. The number of piperidine rings is 1. The zero-order chi connectivity index (χ0) is 22.8. The number of nitrogens with zero attached hydrogens (tertiary/aromatic N) is 2. The van der Waals surface area contributed by atoms with Gasteiger partial charge in [-0.25, -0.2) is 13.4 Å². The number of amides is 1. The van der Waals surface area contributed by atoms with Crippen molar-refractivity contribution in [2.24, 2.45) is 0 Å². The first-order chi connectivity index (χ1) is 16.0. The predicted molar refractivity (Wildman–Crippen MR) is 131 cm³/mol. The Morgan fingerprint density at radius 2 is 1.58 bits per heavy atom. The quantitative estimate of drug-likeness (QED) is 0.433. The predicted octanol–water partition coefficient (Wildman–Crippen LogP) is 5.12. The minimum Gasteiger partial charge on any atom is -0.339 e. The van der Waals surface area contributed by atoms with Gasteiger partial charge in [-0.2, -0.15) is 0 Å². The molecule has 1 saturated heterocycles. The van der Waals surface area contributed by atoms with E-state index in [2.05, 4.69) is 10.8 Å². The second kappa shape index (κ2) is 8.96. The van der Waals surface area contributed by atoms with Crippen LogP contribution in [0.25, 0.3) is 10.2 Å². The second-order valence-corrected chi connectivity index (χ2v) is 10.8. The van der Waals surface area contributed by atoms with Crippen molar-refractivity contribution in [1.82, 2.24) is 9.88 Å². The van der Waals surface area contributed by atoms with E-state index in [1.165, 1.54) is 16.8 Å². The monoisotopic (exact) mass is 477 g/mol. The van der Waals surface area contributed by atoms with E-state index >= 15 is 0 Å². The Morgan fingerprint density at radius 3 is 2.27 bits per heavy atom. The molecular formula is C25H23N3O3S2. The fraction of sp³-hybridized carbons (Fsp3) is 0.200. The third-order valence-corrected chi connectivity index (χ3v) is 8.48. The summed E-state index contributed by atoms with van der Waals surface area (Å²) in [4.78, 5) is 19.7. The normalized spacial score (nSPS) is 15.0. The number of aromatic nitrogens is 1. The Kier molecular flexibility index (Phi) is 5.86. The van der Waals surface area contributed by atoms with E-state index in [0.29, 0.717) is 30.3 Å². The molecule has 33 heavy (non-hydrogen) atoms. The zero-order valence-corrected chi connectivity index (χ0v) is 19.5. The van der Waals surface area contributed by atoms with Crippen LogP contribution < -0.4 is 4.72 Å². The number of fused-ring (bicyclic) bond motifs is 1. The van der Waals surface area contributed by atoms with Crippen LogP contribution in [0, 0.1) is 0 Å². The Morgan fingerprint density at radius 1 is 0.909 bits per heavy atom. The number of para-hydroxylation sites is 2. The maximum atomic E-state index is 13.0. The van der Waals surface area contributed by atoms with Gasteiger partial charge in [-0.05, 0) is 61.4 Å². The molecule has 4 aromatic rings. The summed E-state index contributed by atoms with van der Waals surface area (Å²) in [5.74, 6) is 0.292. The maximum absolute atomic E-state index is 13.0. The van der Waals surface area contributed by atoms with Crippen LogP contribution in [0.1, 0.15) is 34.1 Å².